The summed E-state index contributed by atoms with van der Waals surface area (Å²) >= 11 is 1.23. The van der Waals surface area contributed by atoms with Gasteiger partial charge in [0.15, 0.2) is 0 Å². The smallest absolute Gasteiger partial charge is 0.349 e. The van der Waals surface area contributed by atoms with E-state index in [0.717, 1.165) is 30.5 Å². The average molecular weight is 399 g/mol. The van der Waals surface area contributed by atoms with Gasteiger partial charge < -0.3 is 9.73 Å². The van der Waals surface area contributed by atoms with Crippen molar-refractivity contribution in [3.8, 4) is 0 Å². The fraction of sp³-hybridized carbons (Fsp3) is 0.250. The molecule has 0 aliphatic heterocycles. The third-order valence-electron chi connectivity index (χ3n) is 4.54. The number of rotatable bonds is 6. The largest absolute Gasteiger partial charge is 0.467 e. The second kappa shape index (κ2) is 8.02. The Hall–Kier alpha value is -2.87. The number of carbonyl (C=O) groups excluding carboxylic acids is 1. The molecular formula is C20H18FN3O3S. The number of furan rings is 1. The third-order valence-corrected chi connectivity index (χ3v) is 5.56. The van der Waals surface area contributed by atoms with Crippen molar-refractivity contribution in [3.05, 3.63) is 76.0 Å². The first kappa shape index (κ1) is 18.5. The Kier molecular flexibility index (Phi) is 5.29. The van der Waals surface area contributed by atoms with Crippen LogP contribution in [0, 0.1) is 5.82 Å². The van der Waals surface area contributed by atoms with Crippen molar-refractivity contribution >= 4 is 23.4 Å². The summed E-state index contributed by atoms with van der Waals surface area (Å²) in [6.45, 7) is 0.353. The zero-order valence-corrected chi connectivity index (χ0v) is 15.8. The Labute approximate surface area is 164 Å². The molecule has 0 bridgehead atoms. The maximum absolute atomic E-state index is 13.2. The van der Waals surface area contributed by atoms with Crippen LogP contribution >= 0.6 is 11.8 Å². The number of carbonyl (C=O) groups is 1. The van der Waals surface area contributed by atoms with Crippen LogP contribution in [0.1, 0.15) is 23.4 Å². The van der Waals surface area contributed by atoms with Crippen LogP contribution in [0.4, 0.5) is 10.1 Å². The highest BCUT2D eigenvalue weighted by atomic mass is 32.2. The molecule has 1 amide bonds. The maximum atomic E-state index is 13.2. The van der Waals surface area contributed by atoms with E-state index in [9.17, 15) is 14.0 Å². The number of benzene rings is 1. The van der Waals surface area contributed by atoms with Gasteiger partial charge >= 0.3 is 5.69 Å². The summed E-state index contributed by atoms with van der Waals surface area (Å²) in [5.41, 5.74) is 2.04. The average Bonchev–Trinajstić information content (AvgIpc) is 3.34. The number of thioether (sulfide) groups is 1. The molecule has 3 aromatic rings. The normalized spacial score (nSPS) is 12.8. The third kappa shape index (κ3) is 4.01. The molecule has 144 valence electrons. The van der Waals surface area contributed by atoms with Gasteiger partial charge in [0.1, 0.15) is 16.6 Å². The molecule has 6 nitrogen and oxygen atoms in total. The van der Waals surface area contributed by atoms with Crippen LogP contribution in [-0.4, -0.2) is 21.2 Å². The van der Waals surface area contributed by atoms with E-state index in [4.69, 9.17) is 4.42 Å². The Morgan fingerprint density at radius 3 is 2.96 bits per heavy atom. The quantitative estimate of drug-likeness (QED) is 0.509. The number of aromatic nitrogens is 2. The van der Waals surface area contributed by atoms with E-state index in [1.165, 1.54) is 30.0 Å². The van der Waals surface area contributed by atoms with Gasteiger partial charge in [-0.3, -0.25) is 9.36 Å². The van der Waals surface area contributed by atoms with Crippen LogP contribution in [0.5, 0.6) is 0 Å². The van der Waals surface area contributed by atoms with Crippen molar-refractivity contribution in [2.24, 2.45) is 0 Å². The Bertz CT molecular complexity index is 1060. The van der Waals surface area contributed by atoms with Gasteiger partial charge in [-0.15, -0.1) is 0 Å². The number of anilines is 1. The fourth-order valence-corrected chi connectivity index (χ4v) is 4.20. The van der Waals surface area contributed by atoms with Gasteiger partial charge in [0.25, 0.3) is 0 Å². The molecular weight excluding hydrogens is 381 g/mol. The minimum Gasteiger partial charge on any atom is -0.467 e. The molecule has 0 radical (unpaired) electrons. The zero-order chi connectivity index (χ0) is 19.5. The summed E-state index contributed by atoms with van der Waals surface area (Å²) in [5.74, 6) is 0.110. The summed E-state index contributed by atoms with van der Waals surface area (Å²) in [5, 5.41) is 3.25. The van der Waals surface area contributed by atoms with Crippen LogP contribution in [0.15, 0.2) is 56.9 Å². The Morgan fingerprint density at radius 2 is 2.18 bits per heavy atom. The lowest BCUT2D eigenvalue weighted by Crippen LogP contribution is -2.28. The number of nitrogens with one attached hydrogen (secondary N) is 1. The molecule has 2 aromatic heterocycles. The SMILES string of the molecule is O=C(CSc1nc(=O)n(Cc2ccco2)c2c1CCC2)Nc1cccc(F)c1. The van der Waals surface area contributed by atoms with Gasteiger partial charge in [0.05, 0.1) is 18.6 Å². The molecule has 4 rings (SSSR count). The standard InChI is InChI=1S/C20H18FN3O3S/c21-13-4-1-5-14(10-13)22-18(25)12-28-19-16-7-2-8-17(16)24(20(26)23-19)11-15-6-3-9-27-15/h1,3-6,9-10H,2,7-8,11-12H2,(H,22,25). The van der Waals surface area contributed by atoms with E-state index in [1.54, 1.807) is 23.0 Å². The summed E-state index contributed by atoms with van der Waals surface area (Å²) in [6.07, 6.45) is 4.16. The van der Waals surface area contributed by atoms with Crippen molar-refractivity contribution in [1.29, 1.82) is 0 Å². The highest BCUT2D eigenvalue weighted by Crippen LogP contribution is 2.29. The number of hydrogen-bond donors (Lipinski definition) is 1. The van der Waals surface area contributed by atoms with Gasteiger partial charge in [0.2, 0.25) is 5.91 Å². The predicted octanol–water partition coefficient (Wildman–Crippen LogP) is 3.24. The van der Waals surface area contributed by atoms with Crippen molar-refractivity contribution < 1.29 is 13.6 Å². The van der Waals surface area contributed by atoms with E-state index in [1.807, 2.05) is 6.07 Å². The first-order valence-electron chi connectivity index (χ1n) is 8.93. The Morgan fingerprint density at radius 1 is 1.29 bits per heavy atom. The fourth-order valence-electron chi connectivity index (χ4n) is 3.32. The molecule has 0 saturated carbocycles. The minimum absolute atomic E-state index is 0.0948. The predicted molar refractivity (Wildman–Crippen MR) is 104 cm³/mol. The first-order chi connectivity index (χ1) is 13.6. The summed E-state index contributed by atoms with van der Waals surface area (Å²) in [6, 6.07) is 9.34. The van der Waals surface area contributed by atoms with E-state index in [2.05, 4.69) is 10.3 Å². The topological polar surface area (TPSA) is 77.1 Å². The summed E-state index contributed by atoms with van der Waals surface area (Å²) in [4.78, 5) is 28.9. The van der Waals surface area contributed by atoms with Crippen molar-refractivity contribution in [3.63, 3.8) is 0 Å². The van der Waals surface area contributed by atoms with Crippen molar-refractivity contribution in [2.45, 2.75) is 30.8 Å². The summed E-state index contributed by atoms with van der Waals surface area (Å²) in [7, 11) is 0. The molecule has 0 spiro atoms. The Balaban J connectivity index is 1.49. The maximum Gasteiger partial charge on any atom is 0.349 e. The molecule has 1 aliphatic carbocycles. The number of nitrogens with zero attached hydrogens (tertiary/aromatic N) is 2. The number of halogens is 1. The lowest BCUT2D eigenvalue weighted by Gasteiger charge is -2.13. The van der Waals surface area contributed by atoms with Crippen molar-refractivity contribution in [2.75, 3.05) is 11.1 Å². The second-order valence-corrected chi connectivity index (χ2v) is 7.46. The minimum atomic E-state index is -0.412. The second-order valence-electron chi connectivity index (χ2n) is 6.49. The number of hydrogen-bond acceptors (Lipinski definition) is 5. The lowest BCUT2D eigenvalue weighted by atomic mass is 10.2. The molecule has 1 N–H and O–H groups in total. The highest BCUT2D eigenvalue weighted by Gasteiger charge is 2.23. The lowest BCUT2D eigenvalue weighted by molar-refractivity contribution is -0.113. The first-order valence-corrected chi connectivity index (χ1v) is 9.92. The van der Waals surface area contributed by atoms with E-state index < -0.39 is 5.82 Å². The van der Waals surface area contributed by atoms with Crippen molar-refractivity contribution in [1.82, 2.24) is 9.55 Å². The molecule has 0 fully saturated rings. The number of fused-ring (bicyclic) bond motifs is 1. The van der Waals surface area contributed by atoms with E-state index >= 15 is 0 Å². The van der Waals surface area contributed by atoms with Gasteiger partial charge in [0, 0.05) is 16.9 Å². The molecule has 0 atom stereocenters. The monoisotopic (exact) mass is 399 g/mol. The molecule has 0 saturated heterocycles. The van der Waals surface area contributed by atoms with E-state index in [0.29, 0.717) is 23.0 Å². The summed E-state index contributed by atoms with van der Waals surface area (Å²) < 4.78 is 20.2. The molecule has 2 heterocycles. The highest BCUT2D eigenvalue weighted by molar-refractivity contribution is 8.00. The van der Waals surface area contributed by atoms with E-state index in [-0.39, 0.29) is 17.3 Å². The van der Waals surface area contributed by atoms with Crippen LogP contribution in [-0.2, 0) is 24.2 Å². The molecule has 1 aromatic carbocycles. The molecule has 1 aliphatic rings. The van der Waals surface area contributed by atoms with Crippen LogP contribution < -0.4 is 11.0 Å². The van der Waals surface area contributed by atoms with Gasteiger partial charge in [-0.1, -0.05) is 17.8 Å². The molecule has 28 heavy (non-hydrogen) atoms. The number of amides is 1. The van der Waals surface area contributed by atoms with Gasteiger partial charge in [-0.05, 0) is 49.6 Å². The van der Waals surface area contributed by atoms with Crippen LogP contribution in [0.2, 0.25) is 0 Å². The molecule has 0 unspecified atom stereocenters. The van der Waals surface area contributed by atoms with Gasteiger partial charge in [-0.25, -0.2) is 9.18 Å². The van der Waals surface area contributed by atoms with Crippen LogP contribution in [0.3, 0.4) is 0 Å². The van der Waals surface area contributed by atoms with Gasteiger partial charge in [-0.2, -0.15) is 4.98 Å². The zero-order valence-electron chi connectivity index (χ0n) is 15.0. The van der Waals surface area contributed by atoms with Crippen LogP contribution in [0.25, 0.3) is 0 Å². The molecule has 8 heteroatoms.